The Morgan fingerprint density at radius 3 is 2.14 bits per heavy atom. The van der Waals surface area contributed by atoms with E-state index < -0.39 is 0 Å². The molecule has 0 unspecified atom stereocenters. The topological polar surface area (TPSA) is 62.5 Å². The lowest BCUT2D eigenvalue weighted by molar-refractivity contribution is 1.07. The van der Waals surface area contributed by atoms with Crippen molar-refractivity contribution in [3.63, 3.8) is 0 Å². The first-order valence-corrected chi connectivity index (χ1v) is 9.59. The quantitative estimate of drug-likeness (QED) is 0.377. The third kappa shape index (κ3) is 3.65. The zero-order valence-electron chi connectivity index (χ0n) is 14.5. The summed E-state index contributed by atoms with van der Waals surface area (Å²) in [5.74, 6) is 1.54. The van der Waals surface area contributed by atoms with Crippen LogP contribution in [0.1, 0.15) is 5.56 Å². The van der Waals surface area contributed by atoms with Crippen molar-refractivity contribution in [2.24, 2.45) is 0 Å². The number of halogens is 2. The highest BCUT2D eigenvalue weighted by molar-refractivity contribution is 9.10. The van der Waals surface area contributed by atoms with Crippen LogP contribution in [0.5, 0.6) is 0 Å². The first-order valence-electron chi connectivity index (χ1n) is 8.42. The molecule has 0 N–H and O–H groups in total. The molecular formula is C22H12BrClN4. The molecule has 1 aromatic heterocycles. The first-order chi connectivity index (χ1) is 13.7. The molecule has 0 aliphatic rings. The van der Waals surface area contributed by atoms with Crippen LogP contribution in [0.4, 0.5) is 0 Å². The van der Waals surface area contributed by atoms with Crippen LogP contribution in [0, 0.1) is 11.3 Å². The van der Waals surface area contributed by atoms with Gasteiger partial charge >= 0.3 is 0 Å². The molecule has 134 valence electrons. The van der Waals surface area contributed by atoms with Crippen LogP contribution in [0.2, 0.25) is 5.02 Å². The molecule has 0 aliphatic heterocycles. The molecule has 3 aromatic carbocycles. The zero-order valence-corrected chi connectivity index (χ0v) is 16.8. The highest BCUT2D eigenvalue weighted by Gasteiger charge is 2.15. The van der Waals surface area contributed by atoms with Gasteiger partial charge in [-0.05, 0) is 40.2 Å². The van der Waals surface area contributed by atoms with Gasteiger partial charge in [-0.2, -0.15) is 5.26 Å². The average molecular weight is 448 g/mol. The van der Waals surface area contributed by atoms with E-state index >= 15 is 0 Å². The second-order valence-corrected chi connectivity index (χ2v) is 7.17. The maximum Gasteiger partial charge on any atom is 0.165 e. The summed E-state index contributed by atoms with van der Waals surface area (Å²) in [6.07, 6.45) is 0. The predicted molar refractivity (Wildman–Crippen MR) is 114 cm³/mol. The minimum Gasteiger partial charge on any atom is -0.208 e. The summed E-state index contributed by atoms with van der Waals surface area (Å²) < 4.78 is 0.721. The fraction of sp³-hybridized carbons (Fsp3) is 0. The second kappa shape index (κ2) is 7.89. The van der Waals surface area contributed by atoms with E-state index in [0.717, 1.165) is 21.2 Å². The molecule has 4 rings (SSSR count). The number of benzene rings is 3. The molecule has 4 aromatic rings. The highest BCUT2D eigenvalue weighted by atomic mass is 79.9. The number of nitrogens with zero attached hydrogens (tertiary/aromatic N) is 4. The van der Waals surface area contributed by atoms with Gasteiger partial charge in [-0.3, -0.25) is 0 Å². The van der Waals surface area contributed by atoms with E-state index in [1.807, 2.05) is 54.6 Å². The molecule has 0 bridgehead atoms. The third-order valence-electron chi connectivity index (χ3n) is 4.11. The lowest BCUT2D eigenvalue weighted by atomic mass is 10.1. The van der Waals surface area contributed by atoms with Crippen LogP contribution in [0.3, 0.4) is 0 Å². The molecule has 0 radical (unpaired) electrons. The van der Waals surface area contributed by atoms with Crippen molar-refractivity contribution in [2.75, 3.05) is 0 Å². The molecule has 6 heteroatoms. The molecule has 4 nitrogen and oxygen atoms in total. The second-order valence-electron chi connectivity index (χ2n) is 5.97. The Morgan fingerprint density at radius 2 is 1.39 bits per heavy atom. The van der Waals surface area contributed by atoms with E-state index in [2.05, 4.69) is 37.0 Å². The largest absolute Gasteiger partial charge is 0.208 e. The van der Waals surface area contributed by atoms with Gasteiger partial charge in [0.25, 0.3) is 0 Å². The lowest BCUT2D eigenvalue weighted by Crippen LogP contribution is -2.00. The van der Waals surface area contributed by atoms with Crippen molar-refractivity contribution in [1.29, 1.82) is 5.26 Å². The third-order valence-corrected chi connectivity index (χ3v) is 5.51. The molecule has 0 spiro atoms. The van der Waals surface area contributed by atoms with Gasteiger partial charge in [-0.25, -0.2) is 15.0 Å². The van der Waals surface area contributed by atoms with Gasteiger partial charge < -0.3 is 0 Å². The molecule has 0 saturated carbocycles. The molecule has 1 heterocycles. The minimum atomic E-state index is 0.493. The van der Waals surface area contributed by atoms with Crippen LogP contribution >= 0.6 is 27.5 Å². The van der Waals surface area contributed by atoms with E-state index in [1.54, 1.807) is 18.2 Å². The Hall–Kier alpha value is -3.07. The Kier molecular flexibility index (Phi) is 5.16. The normalized spacial score (nSPS) is 10.5. The van der Waals surface area contributed by atoms with E-state index in [-0.39, 0.29) is 0 Å². The molecular weight excluding hydrogens is 436 g/mol. The van der Waals surface area contributed by atoms with Gasteiger partial charge in [0.15, 0.2) is 17.5 Å². The van der Waals surface area contributed by atoms with Crippen LogP contribution < -0.4 is 0 Å². The zero-order chi connectivity index (χ0) is 19.5. The van der Waals surface area contributed by atoms with Crippen molar-refractivity contribution in [2.45, 2.75) is 0 Å². The van der Waals surface area contributed by atoms with E-state index in [0.29, 0.717) is 28.1 Å². The SMILES string of the molecule is N#Cc1cccc(-c2nc(-c3ccccc3)nc(-c3cccc(Cl)c3Br)n2)c1. The number of nitriles is 1. The smallest absolute Gasteiger partial charge is 0.165 e. The van der Waals surface area contributed by atoms with Gasteiger partial charge in [0.2, 0.25) is 0 Å². The summed E-state index contributed by atoms with van der Waals surface area (Å²) in [6, 6.07) is 24.6. The average Bonchev–Trinajstić information content (AvgIpc) is 2.76. The van der Waals surface area contributed by atoms with Crippen LogP contribution in [-0.2, 0) is 0 Å². The number of rotatable bonds is 3. The van der Waals surface area contributed by atoms with Gasteiger partial charge in [-0.1, -0.05) is 60.1 Å². The van der Waals surface area contributed by atoms with Crippen molar-refractivity contribution >= 4 is 27.5 Å². The first kappa shape index (κ1) is 18.3. The fourth-order valence-electron chi connectivity index (χ4n) is 2.75. The Bertz CT molecular complexity index is 1200. The standard InChI is InChI=1S/C22H12BrClN4/c23-19-17(10-5-11-18(19)24)22-27-20(15-7-2-1-3-8-15)26-21(28-22)16-9-4-6-14(12-16)13-25/h1-12H. The number of hydrogen-bond acceptors (Lipinski definition) is 4. The summed E-state index contributed by atoms with van der Waals surface area (Å²) in [5, 5.41) is 9.79. The van der Waals surface area contributed by atoms with Crippen molar-refractivity contribution < 1.29 is 0 Å². The molecule has 0 aliphatic carbocycles. The maximum atomic E-state index is 9.22. The van der Waals surface area contributed by atoms with Gasteiger partial charge in [0, 0.05) is 21.2 Å². The predicted octanol–water partition coefficient (Wildman–Crippen LogP) is 6.16. The molecule has 0 saturated heterocycles. The van der Waals surface area contributed by atoms with E-state index in [1.165, 1.54) is 0 Å². The van der Waals surface area contributed by atoms with Crippen LogP contribution in [-0.4, -0.2) is 15.0 Å². The van der Waals surface area contributed by atoms with Crippen LogP contribution in [0.25, 0.3) is 34.2 Å². The molecule has 0 fully saturated rings. The van der Waals surface area contributed by atoms with Gasteiger partial charge in [-0.15, -0.1) is 0 Å². The van der Waals surface area contributed by atoms with Crippen molar-refractivity contribution in [1.82, 2.24) is 15.0 Å². The summed E-state index contributed by atoms with van der Waals surface area (Å²) in [7, 11) is 0. The summed E-state index contributed by atoms with van der Waals surface area (Å²) in [5.41, 5.74) is 2.94. The van der Waals surface area contributed by atoms with Crippen LogP contribution in [0.15, 0.2) is 77.3 Å². The Balaban J connectivity index is 1.96. The van der Waals surface area contributed by atoms with E-state index in [4.69, 9.17) is 11.6 Å². The lowest BCUT2D eigenvalue weighted by Gasteiger charge is -2.10. The fourth-order valence-corrected chi connectivity index (χ4v) is 3.36. The number of hydrogen-bond donors (Lipinski definition) is 0. The summed E-state index contributed by atoms with van der Waals surface area (Å²) in [6.45, 7) is 0. The van der Waals surface area contributed by atoms with Gasteiger partial charge in [0.05, 0.1) is 16.7 Å². The van der Waals surface area contributed by atoms with Crippen molar-refractivity contribution in [3.8, 4) is 40.2 Å². The Labute approximate surface area is 175 Å². The maximum absolute atomic E-state index is 9.22. The minimum absolute atomic E-state index is 0.493. The van der Waals surface area contributed by atoms with E-state index in [9.17, 15) is 5.26 Å². The molecule has 28 heavy (non-hydrogen) atoms. The monoisotopic (exact) mass is 446 g/mol. The van der Waals surface area contributed by atoms with Crippen molar-refractivity contribution in [3.05, 3.63) is 87.9 Å². The van der Waals surface area contributed by atoms with Gasteiger partial charge in [0.1, 0.15) is 0 Å². The highest BCUT2D eigenvalue weighted by Crippen LogP contribution is 2.33. The Morgan fingerprint density at radius 1 is 0.750 bits per heavy atom. The molecule has 0 amide bonds. The summed E-state index contributed by atoms with van der Waals surface area (Å²) in [4.78, 5) is 14.0. The summed E-state index contributed by atoms with van der Waals surface area (Å²) >= 11 is 9.79. The molecule has 0 atom stereocenters. The number of aromatic nitrogens is 3.